The molecule has 1 heterocycles. The summed E-state index contributed by atoms with van der Waals surface area (Å²) in [5.74, 6) is -1.01. The molecule has 150 valence electrons. The molecule has 0 radical (unpaired) electrons. The van der Waals surface area contributed by atoms with E-state index in [1.807, 2.05) is 43.5 Å². The average molecular weight is 393 g/mol. The van der Waals surface area contributed by atoms with E-state index in [4.69, 9.17) is 0 Å². The van der Waals surface area contributed by atoms with Gasteiger partial charge in [0.1, 0.15) is 5.82 Å². The van der Waals surface area contributed by atoms with E-state index in [9.17, 15) is 14.3 Å². The van der Waals surface area contributed by atoms with Crippen molar-refractivity contribution in [3.05, 3.63) is 82.9 Å². The number of aryl methyl sites for hydroxylation is 1. The van der Waals surface area contributed by atoms with E-state index in [0.29, 0.717) is 12.8 Å². The number of hydrogen-bond donors (Lipinski definition) is 2. The van der Waals surface area contributed by atoms with Crippen LogP contribution >= 0.6 is 0 Å². The Balaban J connectivity index is 1.53. The molecule has 6 heteroatoms. The summed E-state index contributed by atoms with van der Waals surface area (Å²) in [6, 6.07) is 12.6. The third kappa shape index (κ3) is 4.22. The highest BCUT2D eigenvalue weighted by Gasteiger charge is 2.27. The second-order valence-electron chi connectivity index (χ2n) is 7.63. The second kappa shape index (κ2) is 8.17. The van der Waals surface area contributed by atoms with Gasteiger partial charge in [0.25, 0.3) is 5.91 Å². The van der Waals surface area contributed by atoms with Crippen molar-refractivity contribution < 1.29 is 14.3 Å². The number of aliphatic hydroxyl groups is 1. The van der Waals surface area contributed by atoms with Gasteiger partial charge in [-0.25, -0.2) is 9.07 Å². The molecule has 1 fully saturated rings. The fourth-order valence-corrected chi connectivity index (χ4v) is 3.84. The molecule has 1 saturated carbocycles. The molecule has 4 rings (SSSR count). The molecular formula is C23H24FN3O2. The van der Waals surface area contributed by atoms with Crippen molar-refractivity contribution >= 4 is 5.91 Å². The summed E-state index contributed by atoms with van der Waals surface area (Å²) < 4.78 is 16.3. The smallest absolute Gasteiger partial charge is 0.254 e. The van der Waals surface area contributed by atoms with Gasteiger partial charge < -0.3 is 10.4 Å². The molecule has 2 N–H and O–H groups in total. The number of carbonyl (C=O) groups excluding carboxylic acids is 1. The van der Waals surface area contributed by atoms with Gasteiger partial charge in [0.15, 0.2) is 0 Å². The lowest BCUT2D eigenvalue weighted by Crippen LogP contribution is -2.40. The molecule has 3 aromatic rings. The molecule has 2 unspecified atom stereocenters. The lowest BCUT2D eigenvalue weighted by Gasteiger charge is -2.17. The maximum atomic E-state index is 14.5. The van der Waals surface area contributed by atoms with Gasteiger partial charge >= 0.3 is 0 Å². The van der Waals surface area contributed by atoms with Crippen LogP contribution in [0.4, 0.5) is 4.39 Å². The number of aromatic nitrogens is 2. The van der Waals surface area contributed by atoms with Crippen molar-refractivity contribution in [1.29, 1.82) is 0 Å². The Labute approximate surface area is 169 Å². The fourth-order valence-electron chi connectivity index (χ4n) is 3.84. The quantitative estimate of drug-likeness (QED) is 0.697. The molecule has 2 aromatic carbocycles. The second-order valence-corrected chi connectivity index (χ2v) is 7.63. The molecule has 29 heavy (non-hydrogen) atoms. The van der Waals surface area contributed by atoms with Gasteiger partial charge in [-0.05, 0) is 79.6 Å². The predicted molar refractivity (Wildman–Crippen MR) is 109 cm³/mol. The van der Waals surface area contributed by atoms with Crippen molar-refractivity contribution in [2.45, 2.75) is 44.8 Å². The summed E-state index contributed by atoms with van der Waals surface area (Å²) in [4.78, 5) is 12.6. The summed E-state index contributed by atoms with van der Waals surface area (Å²) in [5.41, 5.74) is 3.75. The Kier molecular flexibility index (Phi) is 5.45. The van der Waals surface area contributed by atoms with Crippen LogP contribution in [0.2, 0.25) is 0 Å². The highest BCUT2D eigenvalue weighted by atomic mass is 19.1. The minimum absolute atomic E-state index is 0.0258. The van der Waals surface area contributed by atoms with Gasteiger partial charge in [0, 0.05) is 12.4 Å². The van der Waals surface area contributed by atoms with Crippen LogP contribution in [0.3, 0.4) is 0 Å². The number of nitrogens with one attached hydrogen (secondary N) is 1. The summed E-state index contributed by atoms with van der Waals surface area (Å²) in [5, 5.41) is 16.9. The van der Waals surface area contributed by atoms with Crippen LogP contribution in [0.25, 0.3) is 5.69 Å². The Morgan fingerprint density at radius 1 is 1.28 bits per heavy atom. The zero-order chi connectivity index (χ0) is 20.4. The number of halogens is 1. The summed E-state index contributed by atoms with van der Waals surface area (Å²) in [6.45, 7) is 1.85. The number of hydrogen-bond acceptors (Lipinski definition) is 3. The van der Waals surface area contributed by atoms with Crippen LogP contribution in [0.15, 0.2) is 54.9 Å². The Hall–Kier alpha value is -2.99. The Bertz CT molecular complexity index is 1000. The normalized spacial score (nSPS) is 18.7. The van der Waals surface area contributed by atoms with Crippen LogP contribution in [0.5, 0.6) is 0 Å². The number of nitrogens with zero attached hydrogens (tertiary/aromatic N) is 2. The predicted octanol–water partition coefficient (Wildman–Crippen LogP) is 3.55. The van der Waals surface area contributed by atoms with Crippen molar-refractivity contribution in [3.63, 3.8) is 0 Å². The molecule has 5 nitrogen and oxygen atoms in total. The molecule has 1 aliphatic rings. The molecule has 1 amide bonds. The van der Waals surface area contributed by atoms with Crippen molar-refractivity contribution in [2.24, 2.45) is 0 Å². The van der Waals surface area contributed by atoms with Gasteiger partial charge in [-0.15, -0.1) is 0 Å². The maximum Gasteiger partial charge on any atom is 0.254 e. The van der Waals surface area contributed by atoms with Gasteiger partial charge in [-0.1, -0.05) is 12.1 Å². The molecule has 0 aliphatic heterocycles. The van der Waals surface area contributed by atoms with Crippen LogP contribution in [0, 0.1) is 12.7 Å². The van der Waals surface area contributed by atoms with E-state index < -0.39 is 17.8 Å². The van der Waals surface area contributed by atoms with Crippen LogP contribution < -0.4 is 5.32 Å². The number of amides is 1. The first-order valence-corrected chi connectivity index (χ1v) is 9.88. The minimum atomic E-state index is -0.555. The first-order chi connectivity index (χ1) is 14.0. The third-order valence-electron chi connectivity index (χ3n) is 5.57. The first kappa shape index (κ1) is 19.3. The number of benzene rings is 2. The molecule has 0 bridgehead atoms. The van der Waals surface area contributed by atoms with Crippen molar-refractivity contribution in [2.75, 3.05) is 0 Å². The molecular weight excluding hydrogens is 369 g/mol. The van der Waals surface area contributed by atoms with E-state index in [1.54, 1.807) is 16.9 Å². The van der Waals surface area contributed by atoms with Gasteiger partial charge in [-0.3, -0.25) is 4.79 Å². The molecule has 0 saturated heterocycles. The topological polar surface area (TPSA) is 67.2 Å². The summed E-state index contributed by atoms with van der Waals surface area (Å²) >= 11 is 0. The van der Waals surface area contributed by atoms with E-state index in [2.05, 4.69) is 10.4 Å². The minimum Gasteiger partial charge on any atom is -0.391 e. The summed E-state index contributed by atoms with van der Waals surface area (Å²) in [7, 11) is 0. The molecule has 2 atom stereocenters. The van der Waals surface area contributed by atoms with Crippen LogP contribution in [0.1, 0.15) is 46.3 Å². The molecule has 0 spiro atoms. The number of carbonyl (C=O) groups is 1. The van der Waals surface area contributed by atoms with Gasteiger partial charge in [0.05, 0.1) is 23.4 Å². The monoisotopic (exact) mass is 393 g/mol. The zero-order valence-corrected chi connectivity index (χ0v) is 16.3. The van der Waals surface area contributed by atoms with Gasteiger partial charge in [-0.2, -0.15) is 5.10 Å². The van der Waals surface area contributed by atoms with E-state index in [-0.39, 0.29) is 11.6 Å². The van der Waals surface area contributed by atoms with E-state index >= 15 is 0 Å². The SMILES string of the molecule is Cc1cc(F)c(C(=O)NC2CCCC2O)cc1Cc1ccc(-n2cccn2)cc1. The van der Waals surface area contributed by atoms with E-state index in [1.165, 1.54) is 6.07 Å². The summed E-state index contributed by atoms with van der Waals surface area (Å²) in [6.07, 6.45) is 5.90. The lowest BCUT2D eigenvalue weighted by molar-refractivity contribution is 0.0869. The maximum absolute atomic E-state index is 14.5. The highest BCUT2D eigenvalue weighted by Crippen LogP contribution is 2.22. The third-order valence-corrected chi connectivity index (χ3v) is 5.57. The standard InChI is InChI=1S/C23H24FN3O2/c1-15-12-20(24)19(23(29)26-21-4-2-5-22(21)28)14-17(15)13-16-6-8-18(9-7-16)27-11-3-10-25-27/h3,6-12,14,21-22,28H,2,4-5,13H2,1H3,(H,26,29). The van der Waals surface area contributed by atoms with E-state index in [0.717, 1.165) is 35.2 Å². The van der Waals surface area contributed by atoms with Crippen molar-refractivity contribution in [1.82, 2.24) is 15.1 Å². The lowest BCUT2D eigenvalue weighted by atomic mass is 9.97. The zero-order valence-electron chi connectivity index (χ0n) is 16.3. The Morgan fingerprint density at radius 3 is 2.72 bits per heavy atom. The first-order valence-electron chi connectivity index (χ1n) is 9.88. The molecule has 1 aliphatic carbocycles. The highest BCUT2D eigenvalue weighted by molar-refractivity contribution is 5.95. The van der Waals surface area contributed by atoms with Gasteiger partial charge in [0.2, 0.25) is 0 Å². The largest absolute Gasteiger partial charge is 0.391 e. The van der Waals surface area contributed by atoms with Crippen molar-refractivity contribution in [3.8, 4) is 5.69 Å². The average Bonchev–Trinajstić information content (AvgIpc) is 3.37. The number of aliphatic hydroxyl groups excluding tert-OH is 1. The van der Waals surface area contributed by atoms with Crippen LogP contribution in [-0.2, 0) is 6.42 Å². The molecule has 1 aromatic heterocycles. The van der Waals surface area contributed by atoms with Crippen LogP contribution in [-0.4, -0.2) is 32.9 Å². The Morgan fingerprint density at radius 2 is 2.07 bits per heavy atom. The fraction of sp³-hybridized carbons (Fsp3) is 0.304. The number of rotatable bonds is 5.